The molecule has 0 spiro atoms. The predicted molar refractivity (Wildman–Crippen MR) is 178 cm³/mol. The van der Waals surface area contributed by atoms with Crippen LogP contribution < -0.4 is 0 Å². The minimum atomic E-state index is 0.960. The largest absolute Gasteiger partial charge is 0.294 e. The van der Waals surface area contributed by atoms with E-state index in [9.17, 15) is 0 Å². The first-order chi connectivity index (χ1) is 20.3. The monoisotopic (exact) mass is 556 g/mol. The quantitative estimate of drug-likeness (QED) is 0.207. The summed E-state index contributed by atoms with van der Waals surface area (Å²) in [6, 6.07) is 44.2. The van der Waals surface area contributed by atoms with Crippen LogP contribution in [0.4, 0.5) is 0 Å². The Labute approximate surface area is 242 Å². The summed E-state index contributed by atoms with van der Waals surface area (Å²) in [5.41, 5.74) is 4.59. The van der Waals surface area contributed by atoms with Gasteiger partial charge in [-0.15, -0.1) is 22.7 Å². The number of hydrogen-bond acceptors (Lipinski definition) is 3. The van der Waals surface area contributed by atoms with Crippen LogP contribution in [-0.2, 0) is 0 Å². The molecule has 0 saturated heterocycles. The van der Waals surface area contributed by atoms with E-state index < -0.39 is 0 Å². The molecule has 0 atom stereocenters. The minimum Gasteiger partial charge on any atom is -0.294 e. The highest BCUT2D eigenvalue weighted by atomic mass is 32.1. The van der Waals surface area contributed by atoms with Gasteiger partial charge in [-0.25, -0.2) is 4.98 Å². The Morgan fingerprint density at radius 2 is 1.12 bits per heavy atom. The number of rotatable bonds is 2. The Kier molecular flexibility index (Phi) is 4.24. The standard InChI is InChI=1S/C37H20N2S2/c1-2-8-23(9-3-1)36-37-25(24-12-4-5-13-28(24)41-37)20-31(38-36)39-26-18-16-21-10-6-14-29-32(21)34(26)35-27(39)19-17-22-11-7-15-30(40-29)33(22)35/h1-20H. The summed E-state index contributed by atoms with van der Waals surface area (Å²) in [4.78, 5) is 5.47. The van der Waals surface area contributed by atoms with Crippen LogP contribution in [0, 0.1) is 0 Å². The molecule has 0 bridgehead atoms. The molecular formula is C37H20N2S2. The van der Waals surface area contributed by atoms with E-state index in [1.807, 2.05) is 22.7 Å². The number of fused-ring (bicyclic) bond motifs is 3. The predicted octanol–water partition coefficient (Wildman–Crippen LogP) is 11.2. The molecule has 0 amide bonds. The number of hydrogen-bond donors (Lipinski definition) is 0. The van der Waals surface area contributed by atoms with E-state index in [0.29, 0.717) is 0 Å². The van der Waals surface area contributed by atoms with Gasteiger partial charge in [0.15, 0.2) is 0 Å². The first-order valence-corrected chi connectivity index (χ1v) is 15.4. The summed E-state index contributed by atoms with van der Waals surface area (Å²) in [5.74, 6) is 0.960. The molecule has 190 valence electrons. The number of benzene rings is 6. The Hall–Kier alpha value is -4.77. The summed E-state index contributed by atoms with van der Waals surface area (Å²) in [6.45, 7) is 0. The highest BCUT2D eigenvalue weighted by molar-refractivity contribution is 7.26. The van der Waals surface area contributed by atoms with E-state index in [0.717, 1.165) is 17.1 Å². The topological polar surface area (TPSA) is 17.8 Å². The molecule has 10 rings (SSSR count). The molecule has 4 aromatic heterocycles. The van der Waals surface area contributed by atoms with Gasteiger partial charge < -0.3 is 0 Å². The number of aromatic nitrogens is 2. The summed E-state index contributed by atoms with van der Waals surface area (Å²) in [7, 11) is 0. The number of nitrogens with zero attached hydrogens (tertiary/aromatic N) is 2. The van der Waals surface area contributed by atoms with Gasteiger partial charge in [0, 0.05) is 52.0 Å². The number of pyridine rings is 1. The zero-order chi connectivity index (χ0) is 26.7. The van der Waals surface area contributed by atoms with Crippen molar-refractivity contribution in [2.24, 2.45) is 0 Å². The molecule has 4 heterocycles. The van der Waals surface area contributed by atoms with Crippen molar-refractivity contribution < 1.29 is 0 Å². The molecule has 0 radical (unpaired) electrons. The molecule has 0 aliphatic heterocycles. The van der Waals surface area contributed by atoms with E-state index >= 15 is 0 Å². The molecule has 0 saturated carbocycles. The van der Waals surface area contributed by atoms with Crippen molar-refractivity contribution in [3.8, 4) is 17.1 Å². The third kappa shape index (κ3) is 2.88. The molecule has 41 heavy (non-hydrogen) atoms. The van der Waals surface area contributed by atoms with Gasteiger partial charge in [0.2, 0.25) is 0 Å². The van der Waals surface area contributed by atoms with Gasteiger partial charge in [0.1, 0.15) is 5.82 Å². The van der Waals surface area contributed by atoms with Gasteiger partial charge in [-0.1, -0.05) is 84.9 Å². The van der Waals surface area contributed by atoms with Crippen molar-refractivity contribution in [2.45, 2.75) is 0 Å². The van der Waals surface area contributed by atoms with Crippen LogP contribution in [0.3, 0.4) is 0 Å². The van der Waals surface area contributed by atoms with Gasteiger partial charge >= 0.3 is 0 Å². The summed E-state index contributed by atoms with van der Waals surface area (Å²) in [5, 5.41) is 10.4. The second-order valence-corrected chi connectivity index (χ2v) is 12.9. The molecule has 0 N–H and O–H groups in total. The fourth-order valence-corrected chi connectivity index (χ4v) is 9.20. The molecule has 0 aliphatic carbocycles. The third-order valence-corrected chi connectivity index (χ3v) is 10.9. The maximum absolute atomic E-state index is 5.47. The zero-order valence-corrected chi connectivity index (χ0v) is 23.4. The average molecular weight is 557 g/mol. The van der Waals surface area contributed by atoms with Crippen LogP contribution in [0.1, 0.15) is 0 Å². The normalized spacial score (nSPS) is 12.4. The Morgan fingerprint density at radius 1 is 0.488 bits per heavy atom. The van der Waals surface area contributed by atoms with Crippen LogP contribution in [0.15, 0.2) is 121 Å². The molecule has 2 nitrogen and oxygen atoms in total. The summed E-state index contributed by atoms with van der Waals surface area (Å²) >= 11 is 3.73. The highest BCUT2D eigenvalue weighted by Crippen LogP contribution is 2.47. The second-order valence-electron chi connectivity index (χ2n) is 10.7. The smallest absolute Gasteiger partial charge is 0.139 e. The SMILES string of the molecule is c1ccc(-c2nc(-n3c4ccc5cccc6sc7cccc8ccc3c(c87)c4c56)cc3c2sc2ccccc23)cc1. The Balaban J connectivity index is 1.45. The molecule has 10 aromatic rings. The van der Waals surface area contributed by atoms with Crippen LogP contribution in [0.25, 0.3) is 90.0 Å². The summed E-state index contributed by atoms with van der Waals surface area (Å²) in [6.07, 6.45) is 0. The van der Waals surface area contributed by atoms with Gasteiger partial charge in [0.25, 0.3) is 0 Å². The van der Waals surface area contributed by atoms with Crippen molar-refractivity contribution in [1.29, 1.82) is 0 Å². The van der Waals surface area contributed by atoms with Gasteiger partial charge in [-0.3, -0.25) is 4.57 Å². The average Bonchev–Trinajstić information content (AvgIpc) is 3.52. The highest BCUT2D eigenvalue weighted by Gasteiger charge is 2.22. The van der Waals surface area contributed by atoms with E-state index in [1.165, 1.54) is 72.9 Å². The van der Waals surface area contributed by atoms with Crippen molar-refractivity contribution in [3.05, 3.63) is 121 Å². The van der Waals surface area contributed by atoms with Gasteiger partial charge in [-0.2, -0.15) is 0 Å². The van der Waals surface area contributed by atoms with Crippen molar-refractivity contribution in [2.75, 3.05) is 0 Å². The molecule has 4 heteroatoms. The second kappa shape index (κ2) is 7.91. The summed E-state index contributed by atoms with van der Waals surface area (Å²) < 4.78 is 7.56. The van der Waals surface area contributed by atoms with E-state index in [-0.39, 0.29) is 0 Å². The van der Waals surface area contributed by atoms with E-state index in [2.05, 4.69) is 126 Å². The molecule has 0 unspecified atom stereocenters. The molecule has 0 aliphatic rings. The fraction of sp³-hybridized carbons (Fsp3) is 0. The van der Waals surface area contributed by atoms with Crippen LogP contribution in [-0.4, -0.2) is 9.55 Å². The first kappa shape index (κ1) is 22.0. The Morgan fingerprint density at radius 3 is 1.83 bits per heavy atom. The third-order valence-electron chi connectivity index (χ3n) is 8.55. The lowest BCUT2D eigenvalue weighted by atomic mass is 10.00. The van der Waals surface area contributed by atoms with E-state index in [1.54, 1.807) is 0 Å². The van der Waals surface area contributed by atoms with Crippen LogP contribution >= 0.6 is 22.7 Å². The van der Waals surface area contributed by atoms with Crippen molar-refractivity contribution in [3.63, 3.8) is 0 Å². The molecule has 0 fully saturated rings. The lowest BCUT2D eigenvalue weighted by Crippen LogP contribution is -1.99. The Bertz CT molecular complexity index is 2530. The van der Waals surface area contributed by atoms with Gasteiger partial charge in [-0.05, 0) is 47.2 Å². The maximum atomic E-state index is 5.47. The zero-order valence-electron chi connectivity index (χ0n) is 21.8. The van der Waals surface area contributed by atoms with Crippen LogP contribution in [0.2, 0.25) is 0 Å². The molecular weight excluding hydrogens is 537 g/mol. The molecule has 6 aromatic carbocycles. The van der Waals surface area contributed by atoms with Gasteiger partial charge in [0.05, 0.1) is 21.4 Å². The maximum Gasteiger partial charge on any atom is 0.139 e. The van der Waals surface area contributed by atoms with Crippen LogP contribution in [0.5, 0.6) is 0 Å². The first-order valence-electron chi connectivity index (χ1n) is 13.8. The minimum absolute atomic E-state index is 0.960. The lowest BCUT2D eigenvalue weighted by Gasteiger charge is -2.12. The van der Waals surface area contributed by atoms with E-state index in [4.69, 9.17) is 4.98 Å². The van der Waals surface area contributed by atoms with Crippen molar-refractivity contribution >= 4 is 95.6 Å². The van der Waals surface area contributed by atoms with Crippen molar-refractivity contribution in [1.82, 2.24) is 9.55 Å². The number of thiophene rings is 1. The fourth-order valence-electron chi connectivity index (χ4n) is 6.83. The lowest BCUT2D eigenvalue weighted by molar-refractivity contribution is 1.10.